The normalized spacial score (nSPS) is 14.7. The molecule has 38 heavy (non-hydrogen) atoms. The Morgan fingerprint density at radius 2 is 1.66 bits per heavy atom. The van der Waals surface area contributed by atoms with Crippen molar-refractivity contribution < 1.29 is 22.7 Å². The number of benzene rings is 2. The maximum atomic E-state index is 12.6. The number of carbonyl (C=O) groups is 2. The van der Waals surface area contributed by atoms with E-state index >= 15 is 0 Å². The number of piperazine rings is 1. The predicted molar refractivity (Wildman–Crippen MR) is 151 cm³/mol. The molecule has 1 N–H and O–H groups in total. The lowest BCUT2D eigenvalue weighted by molar-refractivity contribution is 0.0147. The molecule has 0 spiro atoms. The minimum Gasteiger partial charge on any atom is -0.444 e. The highest BCUT2D eigenvalue weighted by Gasteiger charge is 2.26. The van der Waals surface area contributed by atoms with E-state index in [0.29, 0.717) is 66.1 Å². The van der Waals surface area contributed by atoms with E-state index in [0.717, 1.165) is 6.26 Å². The van der Waals surface area contributed by atoms with Crippen molar-refractivity contribution in [2.45, 2.75) is 32.9 Å². The maximum absolute atomic E-state index is 12.6. The molecule has 1 aliphatic rings. The van der Waals surface area contributed by atoms with Crippen LogP contribution < -0.4 is 9.62 Å². The first-order valence-electron chi connectivity index (χ1n) is 12.2. The van der Waals surface area contributed by atoms with E-state index in [9.17, 15) is 18.0 Å². The summed E-state index contributed by atoms with van der Waals surface area (Å²) in [4.78, 5) is 28.7. The van der Waals surface area contributed by atoms with Crippen molar-refractivity contribution in [3.8, 4) is 0 Å². The molecule has 208 valence electrons. The lowest BCUT2D eigenvalue weighted by Crippen LogP contribution is -2.51. The summed E-state index contributed by atoms with van der Waals surface area (Å²) < 4.78 is 31.6. The highest BCUT2D eigenvalue weighted by Crippen LogP contribution is 2.29. The van der Waals surface area contributed by atoms with Crippen molar-refractivity contribution >= 4 is 50.9 Å². The molecule has 1 fully saturated rings. The van der Waals surface area contributed by atoms with Gasteiger partial charge in [0.15, 0.2) is 0 Å². The second kappa shape index (κ2) is 12.5. The summed E-state index contributed by atoms with van der Waals surface area (Å²) in [5, 5.41) is 3.53. The molecule has 0 atom stereocenters. The molecule has 0 unspecified atom stereocenters. The number of amides is 2. The van der Waals surface area contributed by atoms with Crippen molar-refractivity contribution in [3.63, 3.8) is 0 Å². The van der Waals surface area contributed by atoms with Gasteiger partial charge in [0.25, 0.3) is 5.91 Å². The number of anilines is 1. The van der Waals surface area contributed by atoms with Crippen LogP contribution in [0.1, 0.15) is 36.7 Å². The number of ether oxygens (including phenoxy) is 1. The molecule has 2 amide bonds. The molecule has 0 saturated carbocycles. The number of rotatable bonds is 8. The summed E-state index contributed by atoms with van der Waals surface area (Å²) in [7, 11) is -3.63. The zero-order chi connectivity index (χ0) is 28.1. The van der Waals surface area contributed by atoms with Crippen molar-refractivity contribution in [1.29, 1.82) is 0 Å². The van der Waals surface area contributed by atoms with Crippen molar-refractivity contribution in [3.05, 3.63) is 63.6 Å². The number of sulfonamides is 1. The van der Waals surface area contributed by atoms with Crippen LogP contribution in [0.25, 0.3) is 0 Å². The van der Waals surface area contributed by atoms with E-state index in [1.54, 1.807) is 47.4 Å². The van der Waals surface area contributed by atoms with Gasteiger partial charge in [-0.3, -0.25) is 14.0 Å². The first kappa shape index (κ1) is 30.0. The van der Waals surface area contributed by atoms with Crippen molar-refractivity contribution in [2.24, 2.45) is 0 Å². The van der Waals surface area contributed by atoms with Gasteiger partial charge >= 0.3 is 6.09 Å². The number of nitrogens with zero attached hydrogens (tertiary/aromatic N) is 3. The van der Waals surface area contributed by atoms with Crippen LogP contribution in [0, 0.1) is 0 Å². The van der Waals surface area contributed by atoms with E-state index in [1.165, 1.54) is 4.31 Å². The molecule has 0 aliphatic carbocycles. The van der Waals surface area contributed by atoms with Gasteiger partial charge in [-0.1, -0.05) is 35.3 Å². The SMILES string of the molecule is CC(C)(C)OC(=O)N1CCN(CCNC(=O)c2ccc(N(Cc3cccc(Cl)c3Cl)S(C)(=O)=O)cc2)CC1. The average Bonchev–Trinajstić information content (AvgIpc) is 2.83. The van der Waals surface area contributed by atoms with Crippen LogP contribution in [0.2, 0.25) is 10.0 Å². The lowest BCUT2D eigenvalue weighted by atomic mass is 10.1. The minimum absolute atomic E-state index is 0.00492. The monoisotopic (exact) mass is 584 g/mol. The Morgan fingerprint density at radius 1 is 1.03 bits per heavy atom. The molecule has 9 nitrogen and oxygen atoms in total. The number of halogens is 2. The average molecular weight is 586 g/mol. The fraction of sp³-hybridized carbons (Fsp3) is 0.462. The Bertz CT molecular complexity index is 1240. The summed E-state index contributed by atoms with van der Waals surface area (Å²) in [5.74, 6) is -0.257. The molecule has 2 aromatic carbocycles. The molecule has 0 radical (unpaired) electrons. The molecule has 1 heterocycles. The summed E-state index contributed by atoms with van der Waals surface area (Å²) in [6.45, 7) is 9.16. The van der Waals surface area contributed by atoms with Crippen LogP contribution in [0.15, 0.2) is 42.5 Å². The van der Waals surface area contributed by atoms with Crippen LogP contribution in [0.5, 0.6) is 0 Å². The predicted octanol–water partition coefficient (Wildman–Crippen LogP) is 4.24. The zero-order valence-electron chi connectivity index (χ0n) is 22.0. The van der Waals surface area contributed by atoms with Crippen LogP contribution in [0.3, 0.4) is 0 Å². The second-order valence-corrected chi connectivity index (χ2v) is 12.8. The zero-order valence-corrected chi connectivity index (χ0v) is 24.4. The topological polar surface area (TPSA) is 99.3 Å². The van der Waals surface area contributed by atoms with Gasteiger partial charge < -0.3 is 15.0 Å². The fourth-order valence-electron chi connectivity index (χ4n) is 3.91. The van der Waals surface area contributed by atoms with Crippen LogP contribution in [0.4, 0.5) is 10.5 Å². The van der Waals surface area contributed by atoms with Gasteiger partial charge in [-0.25, -0.2) is 13.2 Å². The summed E-state index contributed by atoms with van der Waals surface area (Å²) in [6, 6.07) is 11.4. The third kappa shape index (κ3) is 8.49. The Kier molecular flexibility index (Phi) is 9.91. The van der Waals surface area contributed by atoms with Gasteiger partial charge in [-0.05, 0) is 56.7 Å². The Labute approximate surface area is 234 Å². The lowest BCUT2D eigenvalue weighted by Gasteiger charge is -2.35. The number of hydrogen-bond acceptors (Lipinski definition) is 6. The van der Waals surface area contributed by atoms with E-state index in [-0.39, 0.29) is 18.5 Å². The smallest absolute Gasteiger partial charge is 0.410 e. The van der Waals surface area contributed by atoms with E-state index in [1.807, 2.05) is 20.8 Å². The van der Waals surface area contributed by atoms with Gasteiger partial charge in [-0.2, -0.15) is 0 Å². The van der Waals surface area contributed by atoms with Crippen LogP contribution in [-0.4, -0.2) is 81.3 Å². The molecular formula is C26H34Cl2N4O5S. The Hall–Kier alpha value is -2.53. The van der Waals surface area contributed by atoms with Crippen molar-refractivity contribution in [1.82, 2.24) is 15.1 Å². The Morgan fingerprint density at radius 3 is 2.24 bits per heavy atom. The van der Waals surface area contributed by atoms with Gasteiger partial charge in [-0.15, -0.1) is 0 Å². The minimum atomic E-state index is -3.63. The highest BCUT2D eigenvalue weighted by atomic mass is 35.5. The van der Waals surface area contributed by atoms with Crippen molar-refractivity contribution in [2.75, 3.05) is 49.8 Å². The van der Waals surface area contributed by atoms with Gasteiger partial charge in [0.1, 0.15) is 5.60 Å². The Balaban J connectivity index is 1.52. The molecule has 3 rings (SSSR count). The molecule has 0 bridgehead atoms. The molecule has 2 aromatic rings. The van der Waals surface area contributed by atoms with E-state index in [2.05, 4.69) is 10.2 Å². The third-order valence-corrected chi connectivity index (χ3v) is 7.90. The second-order valence-electron chi connectivity index (χ2n) is 10.1. The molecule has 1 saturated heterocycles. The number of hydrogen-bond donors (Lipinski definition) is 1. The fourth-order valence-corrected chi connectivity index (χ4v) is 5.17. The number of nitrogens with one attached hydrogen (secondary N) is 1. The van der Waals surface area contributed by atoms with E-state index < -0.39 is 15.6 Å². The summed E-state index contributed by atoms with van der Waals surface area (Å²) in [6.07, 6.45) is 0.804. The summed E-state index contributed by atoms with van der Waals surface area (Å²) >= 11 is 12.3. The molecule has 12 heteroatoms. The first-order chi connectivity index (χ1) is 17.7. The molecule has 0 aromatic heterocycles. The molecule has 1 aliphatic heterocycles. The van der Waals surface area contributed by atoms with Crippen LogP contribution >= 0.6 is 23.2 Å². The molecular weight excluding hydrogens is 551 g/mol. The van der Waals surface area contributed by atoms with Gasteiger partial charge in [0.05, 0.1) is 28.5 Å². The van der Waals surface area contributed by atoms with Gasteiger partial charge in [0.2, 0.25) is 10.0 Å². The van der Waals surface area contributed by atoms with Gasteiger partial charge in [0, 0.05) is 44.8 Å². The first-order valence-corrected chi connectivity index (χ1v) is 14.8. The number of carbonyl (C=O) groups excluding carboxylic acids is 2. The standard InChI is InChI=1S/C26H34Cl2N4O5S/c1-26(2,3)37-25(34)31-16-14-30(15-17-31)13-12-29-24(33)19-8-10-21(11-9-19)32(38(4,35)36)18-20-6-5-7-22(27)23(20)28/h5-11H,12-18H2,1-4H3,(H,29,33). The van der Waals surface area contributed by atoms with E-state index in [4.69, 9.17) is 27.9 Å². The quantitative estimate of drug-likeness (QED) is 0.498. The largest absolute Gasteiger partial charge is 0.444 e. The maximum Gasteiger partial charge on any atom is 0.410 e. The summed E-state index contributed by atoms with van der Waals surface area (Å²) in [5.41, 5.74) is 0.864. The van der Waals surface area contributed by atoms with Crippen LogP contribution in [-0.2, 0) is 21.3 Å². The highest BCUT2D eigenvalue weighted by molar-refractivity contribution is 7.92. The third-order valence-electron chi connectivity index (χ3n) is 5.90.